The van der Waals surface area contributed by atoms with Crippen LogP contribution in [0.2, 0.25) is 0 Å². The zero-order chi connectivity index (χ0) is 23.9. The summed E-state index contributed by atoms with van der Waals surface area (Å²) in [6.07, 6.45) is -1.38. The van der Waals surface area contributed by atoms with E-state index in [-0.39, 0.29) is 6.42 Å². The minimum absolute atomic E-state index is 0.169. The summed E-state index contributed by atoms with van der Waals surface area (Å²) in [6.45, 7) is 7.66. The van der Waals surface area contributed by atoms with Gasteiger partial charge in [-0.2, -0.15) is 17.6 Å². The van der Waals surface area contributed by atoms with E-state index in [4.69, 9.17) is 14.2 Å². The van der Waals surface area contributed by atoms with Crippen LogP contribution in [0.15, 0.2) is 30.3 Å². The Morgan fingerprint density at radius 1 is 0.806 bits per heavy atom. The van der Waals surface area contributed by atoms with Crippen molar-refractivity contribution in [3.05, 3.63) is 35.9 Å². The van der Waals surface area contributed by atoms with Crippen LogP contribution in [0.25, 0.3) is 0 Å². The van der Waals surface area contributed by atoms with Gasteiger partial charge >= 0.3 is 17.8 Å². The summed E-state index contributed by atoms with van der Waals surface area (Å²) in [5.41, 5.74) is -4.88. The molecule has 0 aliphatic carbocycles. The van der Waals surface area contributed by atoms with Crippen LogP contribution in [0, 0.1) is 0 Å². The van der Waals surface area contributed by atoms with Crippen molar-refractivity contribution in [2.24, 2.45) is 0 Å². The van der Waals surface area contributed by atoms with Gasteiger partial charge in [0.1, 0.15) is 0 Å². The van der Waals surface area contributed by atoms with Gasteiger partial charge in [0.25, 0.3) is 5.67 Å². The van der Waals surface area contributed by atoms with Gasteiger partial charge in [-0.3, -0.25) is 0 Å². The molecule has 0 bridgehead atoms. The maximum atomic E-state index is 16.8. The number of halogens is 5. The highest BCUT2D eigenvalue weighted by molar-refractivity contribution is 5.30. The number of methoxy groups -OCH3 is 1. The Morgan fingerprint density at radius 3 is 1.74 bits per heavy atom. The van der Waals surface area contributed by atoms with Crippen molar-refractivity contribution in [1.82, 2.24) is 0 Å². The third kappa shape index (κ3) is 5.76. The molecule has 0 fully saturated rings. The number of hydrogen-bond acceptors (Lipinski definition) is 3. The highest BCUT2D eigenvalue weighted by atomic mass is 19.3. The first kappa shape index (κ1) is 27.8. The zero-order valence-electron chi connectivity index (χ0n) is 19.2. The molecular weight excluding hydrogens is 419 g/mol. The first-order valence-electron chi connectivity index (χ1n) is 10.7. The van der Waals surface area contributed by atoms with Crippen molar-refractivity contribution in [3.63, 3.8) is 0 Å². The Bertz CT molecular complexity index is 642. The topological polar surface area (TPSA) is 27.7 Å². The molecule has 3 nitrogen and oxygen atoms in total. The molecule has 0 heterocycles. The minimum Gasteiger partial charge on any atom is -0.328 e. The molecular formula is C23H35F5O3. The summed E-state index contributed by atoms with van der Waals surface area (Å²) in [4.78, 5) is 0. The van der Waals surface area contributed by atoms with Crippen molar-refractivity contribution in [2.45, 2.75) is 102 Å². The van der Waals surface area contributed by atoms with Gasteiger partial charge < -0.3 is 14.2 Å². The molecule has 1 unspecified atom stereocenters. The smallest absolute Gasteiger partial charge is 0.328 e. The van der Waals surface area contributed by atoms with Crippen LogP contribution in [0.1, 0.15) is 72.3 Å². The molecule has 0 saturated carbocycles. The van der Waals surface area contributed by atoms with Crippen molar-refractivity contribution < 1.29 is 36.2 Å². The number of ether oxygens (including phenoxy) is 3. The van der Waals surface area contributed by atoms with E-state index in [1.165, 1.54) is 45.9 Å². The number of alkyl halides is 5. The van der Waals surface area contributed by atoms with Crippen LogP contribution < -0.4 is 0 Å². The number of benzene rings is 1. The molecule has 1 aromatic carbocycles. The van der Waals surface area contributed by atoms with Crippen LogP contribution >= 0.6 is 0 Å². The highest BCUT2D eigenvalue weighted by Gasteiger charge is 2.80. The molecule has 31 heavy (non-hydrogen) atoms. The second kappa shape index (κ2) is 11.1. The summed E-state index contributed by atoms with van der Waals surface area (Å²) in [7, 11) is 0.900. The minimum atomic E-state index is -5.21. The van der Waals surface area contributed by atoms with Gasteiger partial charge in [0.15, 0.2) is 0 Å². The normalized spacial score (nSPS) is 15.5. The average molecular weight is 455 g/mol. The molecule has 180 valence electrons. The second-order valence-electron chi connectivity index (χ2n) is 8.21. The fourth-order valence-corrected chi connectivity index (χ4v) is 3.45. The van der Waals surface area contributed by atoms with Crippen LogP contribution in [-0.4, -0.2) is 37.1 Å². The average Bonchev–Trinajstić information content (AvgIpc) is 2.69. The largest absolute Gasteiger partial charge is 0.355 e. The van der Waals surface area contributed by atoms with Gasteiger partial charge in [0.2, 0.25) is 0 Å². The Morgan fingerprint density at radius 2 is 1.32 bits per heavy atom. The molecule has 1 atom stereocenters. The predicted molar refractivity (Wildman–Crippen MR) is 110 cm³/mol. The lowest BCUT2D eigenvalue weighted by Gasteiger charge is -2.49. The molecule has 0 aliphatic rings. The third-order valence-corrected chi connectivity index (χ3v) is 4.88. The summed E-state index contributed by atoms with van der Waals surface area (Å²) < 4.78 is 94.0. The molecule has 8 heteroatoms. The van der Waals surface area contributed by atoms with E-state index < -0.39 is 47.7 Å². The van der Waals surface area contributed by atoms with Gasteiger partial charge in [-0.15, -0.1) is 0 Å². The van der Waals surface area contributed by atoms with E-state index >= 15 is 13.2 Å². The summed E-state index contributed by atoms with van der Waals surface area (Å²) in [6, 6.07) is 6.03. The summed E-state index contributed by atoms with van der Waals surface area (Å²) in [5, 5.41) is 0. The molecule has 1 rings (SSSR count). The first-order chi connectivity index (χ1) is 14.3. The lowest BCUT2D eigenvalue weighted by atomic mass is 9.81. The van der Waals surface area contributed by atoms with Crippen molar-refractivity contribution >= 4 is 0 Å². The second-order valence-corrected chi connectivity index (χ2v) is 8.21. The lowest BCUT2D eigenvalue weighted by Crippen LogP contribution is -2.68. The van der Waals surface area contributed by atoms with E-state index in [2.05, 4.69) is 0 Å². The quantitative estimate of drug-likeness (QED) is 0.168. The Kier molecular flexibility index (Phi) is 9.91. The molecule has 0 radical (unpaired) electrons. The highest BCUT2D eigenvalue weighted by Crippen LogP contribution is 2.58. The number of hydrogen-bond donors (Lipinski definition) is 0. The molecule has 0 saturated heterocycles. The molecule has 0 N–H and O–H groups in total. The van der Waals surface area contributed by atoms with Gasteiger partial charge in [-0.25, -0.2) is 4.39 Å². The van der Waals surface area contributed by atoms with Gasteiger partial charge in [-0.05, 0) is 34.1 Å². The molecule has 0 spiro atoms. The third-order valence-electron chi connectivity index (χ3n) is 4.88. The Hall–Kier alpha value is -1.25. The molecule has 0 amide bonds. The Labute approximate surface area is 182 Å². The fourth-order valence-electron chi connectivity index (χ4n) is 3.45. The van der Waals surface area contributed by atoms with Crippen LogP contribution in [0.4, 0.5) is 22.0 Å². The number of rotatable bonds is 14. The molecule has 0 aromatic heterocycles. The number of unbranched alkanes of at least 4 members (excludes halogenated alkanes) is 3. The summed E-state index contributed by atoms with van der Waals surface area (Å²) >= 11 is 0. The van der Waals surface area contributed by atoms with E-state index in [9.17, 15) is 8.78 Å². The SMILES string of the molecule is CCCCCCC(F)(F)C(F)(F)C(F)(c1ccccc1)C(OC)(OC(C)C)OC(C)C. The van der Waals surface area contributed by atoms with E-state index in [1.807, 2.05) is 6.92 Å². The van der Waals surface area contributed by atoms with Crippen LogP contribution in [-0.2, 0) is 19.9 Å². The standard InChI is InChI=1S/C23H35F5O3/c1-7-8-9-13-16-20(24,25)22(27,28)21(26,19-14-11-10-12-15-19)23(29-6,30-17(2)3)31-18(4)5/h10-12,14-15,17-18H,7-9,13,16H2,1-6H3. The maximum Gasteiger partial charge on any atom is 0.355 e. The molecule has 1 aromatic rings. The lowest BCUT2D eigenvalue weighted by molar-refractivity contribution is -0.481. The van der Waals surface area contributed by atoms with Gasteiger partial charge in [0, 0.05) is 19.1 Å². The first-order valence-corrected chi connectivity index (χ1v) is 10.7. The predicted octanol–water partition coefficient (Wildman–Crippen LogP) is 7.24. The van der Waals surface area contributed by atoms with Gasteiger partial charge in [-0.1, -0.05) is 56.5 Å². The summed E-state index contributed by atoms with van der Waals surface area (Å²) in [5.74, 6) is -13.0. The van der Waals surface area contributed by atoms with Crippen molar-refractivity contribution in [2.75, 3.05) is 7.11 Å². The monoisotopic (exact) mass is 454 g/mol. The van der Waals surface area contributed by atoms with Gasteiger partial charge in [0.05, 0.1) is 12.2 Å². The van der Waals surface area contributed by atoms with E-state index in [0.717, 1.165) is 25.7 Å². The van der Waals surface area contributed by atoms with E-state index in [0.29, 0.717) is 12.8 Å². The maximum absolute atomic E-state index is 16.8. The van der Waals surface area contributed by atoms with Crippen LogP contribution in [0.3, 0.4) is 0 Å². The van der Waals surface area contributed by atoms with Crippen molar-refractivity contribution in [3.8, 4) is 0 Å². The van der Waals surface area contributed by atoms with Crippen molar-refractivity contribution in [1.29, 1.82) is 0 Å². The fraction of sp³-hybridized carbons (Fsp3) is 0.739. The van der Waals surface area contributed by atoms with Crippen LogP contribution in [0.5, 0.6) is 0 Å². The van der Waals surface area contributed by atoms with E-state index in [1.54, 1.807) is 0 Å². The Balaban J connectivity index is 3.70. The zero-order valence-corrected chi connectivity index (χ0v) is 19.2. The molecule has 0 aliphatic heterocycles.